The van der Waals surface area contributed by atoms with Crippen molar-refractivity contribution in [2.24, 2.45) is 5.73 Å². The first-order chi connectivity index (χ1) is 7.57. The van der Waals surface area contributed by atoms with E-state index in [0.29, 0.717) is 0 Å². The third-order valence-corrected chi connectivity index (χ3v) is 2.99. The van der Waals surface area contributed by atoms with Crippen LogP contribution >= 0.6 is 11.8 Å². The van der Waals surface area contributed by atoms with Crippen molar-refractivity contribution in [2.45, 2.75) is 6.92 Å². The third kappa shape index (κ3) is 2.88. The van der Waals surface area contributed by atoms with E-state index >= 15 is 0 Å². The zero-order valence-corrected chi connectivity index (χ0v) is 10.8. The van der Waals surface area contributed by atoms with Gasteiger partial charge < -0.3 is 10.6 Å². The number of amidine groups is 1. The molecular formula is C11H18N4S. The molecule has 5 heteroatoms. The zero-order chi connectivity index (χ0) is 12.1. The second-order valence-electron chi connectivity index (χ2n) is 3.65. The molecule has 0 spiro atoms. The summed E-state index contributed by atoms with van der Waals surface area (Å²) in [6.07, 6.45) is 3.83. The molecule has 1 heterocycles. The number of aromatic nitrogens is 1. The fourth-order valence-electron chi connectivity index (χ4n) is 1.50. The maximum absolute atomic E-state index is 7.59. The van der Waals surface area contributed by atoms with E-state index in [2.05, 4.69) is 11.2 Å². The molecule has 0 unspecified atom stereocenters. The Bertz CT molecular complexity index is 378. The number of aryl methyl sites for hydroxylation is 1. The van der Waals surface area contributed by atoms with Gasteiger partial charge in [-0.1, -0.05) is 0 Å². The molecule has 88 valence electrons. The Morgan fingerprint density at radius 3 is 2.88 bits per heavy atom. The van der Waals surface area contributed by atoms with E-state index in [9.17, 15) is 0 Å². The molecule has 0 radical (unpaired) electrons. The lowest BCUT2D eigenvalue weighted by molar-refractivity contribution is 0.941. The van der Waals surface area contributed by atoms with Gasteiger partial charge in [-0.15, -0.1) is 0 Å². The van der Waals surface area contributed by atoms with Crippen molar-refractivity contribution >= 4 is 23.4 Å². The summed E-state index contributed by atoms with van der Waals surface area (Å²) < 4.78 is 0. The summed E-state index contributed by atoms with van der Waals surface area (Å²) in [5.74, 6) is 1.90. The lowest BCUT2D eigenvalue weighted by Crippen LogP contribution is -2.26. The molecule has 0 bridgehead atoms. The monoisotopic (exact) mass is 238 g/mol. The second-order valence-corrected chi connectivity index (χ2v) is 4.64. The molecule has 0 aliphatic carbocycles. The van der Waals surface area contributed by atoms with Crippen LogP contribution in [-0.4, -0.2) is 36.4 Å². The van der Waals surface area contributed by atoms with Crippen molar-refractivity contribution in [2.75, 3.05) is 30.5 Å². The first kappa shape index (κ1) is 12.8. The predicted octanol–water partition coefficient (Wildman–Crippen LogP) is 1.47. The zero-order valence-electron chi connectivity index (χ0n) is 9.95. The van der Waals surface area contributed by atoms with Crippen LogP contribution in [0.4, 0.5) is 5.82 Å². The molecular weight excluding hydrogens is 220 g/mol. The molecule has 1 aromatic rings. The average molecular weight is 238 g/mol. The van der Waals surface area contributed by atoms with Gasteiger partial charge in [-0.25, -0.2) is 4.98 Å². The van der Waals surface area contributed by atoms with Gasteiger partial charge in [0.1, 0.15) is 11.7 Å². The number of thioether (sulfide) groups is 1. The molecule has 0 aromatic carbocycles. The first-order valence-electron chi connectivity index (χ1n) is 5.08. The Balaban J connectivity index is 3.02. The Kier molecular flexibility index (Phi) is 4.61. The largest absolute Gasteiger partial charge is 0.384 e. The number of pyridine rings is 1. The minimum Gasteiger partial charge on any atom is -0.384 e. The quantitative estimate of drug-likeness (QED) is 0.602. The van der Waals surface area contributed by atoms with Gasteiger partial charge in [0.25, 0.3) is 0 Å². The number of rotatable bonds is 5. The molecule has 3 N–H and O–H groups in total. The molecule has 1 rings (SSSR count). The lowest BCUT2D eigenvalue weighted by atomic mass is 10.1. The van der Waals surface area contributed by atoms with Crippen molar-refractivity contribution in [3.63, 3.8) is 0 Å². The molecule has 0 saturated heterocycles. The SMILES string of the molecule is CSCCN(C)c1nccc(C)c1C(=N)N. The van der Waals surface area contributed by atoms with Crippen molar-refractivity contribution < 1.29 is 0 Å². The molecule has 0 fully saturated rings. The maximum atomic E-state index is 7.59. The molecule has 0 amide bonds. The van der Waals surface area contributed by atoms with Gasteiger partial charge in [0.15, 0.2) is 0 Å². The summed E-state index contributed by atoms with van der Waals surface area (Å²) in [5.41, 5.74) is 7.33. The van der Waals surface area contributed by atoms with Gasteiger partial charge in [-0.3, -0.25) is 5.41 Å². The average Bonchev–Trinajstić information content (AvgIpc) is 2.24. The normalized spacial score (nSPS) is 10.2. The summed E-state index contributed by atoms with van der Waals surface area (Å²) >= 11 is 1.79. The lowest BCUT2D eigenvalue weighted by Gasteiger charge is -2.21. The standard InChI is InChI=1S/C11H18N4S/c1-8-4-5-14-11(9(8)10(12)13)15(2)6-7-16-3/h4-5H,6-7H2,1-3H3,(H3,12,13). The Labute approximate surface area is 101 Å². The summed E-state index contributed by atoms with van der Waals surface area (Å²) in [6, 6.07) is 1.88. The minimum atomic E-state index is 0.0802. The molecule has 0 atom stereocenters. The Hall–Kier alpha value is -1.23. The van der Waals surface area contributed by atoms with Crippen LogP contribution in [0.15, 0.2) is 12.3 Å². The van der Waals surface area contributed by atoms with Crippen LogP contribution in [0.5, 0.6) is 0 Å². The van der Waals surface area contributed by atoms with Crippen LogP contribution in [0.2, 0.25) is 0 Å². The van der Waals surface area contributed by atoms with E-state index in [1.807, 2.05) is 24.9 Å². The van der Waals surface area contributed by atoms with Gasteiger partial charge in [0.2, 0.25) is 0 Å². The molecule has 1 aromatic heterocycles. The fourth-order valence-corrected chi connectivity index (χ4v) is 1.96. The van der Waals surface area contributed by atoms with Gasteiger partial charge in [-0.2, -0.15) is 11.8 Å². The van der Waals surface area contributed by atoms with E-state index in [4.69, 9.17) is 11.1 Å². The second kappa shape index (κ2) is 5.75. The number of nitrogens with two attached hydrogens (primary N) is 1. The molecule has 4 nitrogen and oxygen atoms in total. The number of nitrogens with zero attached hydrogens (tertiary/aromatic N) is 2. The highest BCUT2D eigenvalue weighted by molar-refractivity contribution is 7.98. The van der Waals surface area contributed by atoms with Crippen LogP contribution < -0.4 is 10.6 Å². The van der Waals surface area contributed by atoms with Crippen LogP contribution in [0, 0.1) is 12.3 Å². The van der Waals surface area contributed by atoms with Gasteiger partial charge in [0, 0.05) is 25.5 Å². The van der Waals surface area contributed by atoms with Crippen LogP contribution in [0.1, 0.15) is 11.1 Å². The number of nitrogen functional groups attached to an aromatic ring is 1. The van der Waals surface area contributed by atoms with Gasteiger partial charge >= 0.3 is 0 Å². The number of hydrogen-bond acceptors (Lipinski definition) is 4. The van der Waals surface area contributed by atoms with E-state index in [0.717, 1.165) is 29.2 Å². The summed E-state index contributed by atoms with van der Waals surface area (Å²) in [7, 11) is 1.98. The minimum absolute atomic E-state index is 0.0802. The van der Waals surface area contributed by atoms with E-state index < -0.39 is 0 Å². The van der Waals surface area contributed by atoms with Gasteiger partial charge in [-0.05, 0) is 24.8 Å². The number of anilines is 1. The van der Waals surface area contributed by atoms with Gasteiger partial charge in [0.05, 0.1) is 5.56 Å². The predicted molar refractivity (Wildman–Crippen MR) is 71.6 cm³/mol. The number of nitrogens with one attached hydrogen (secondary N) is 1. The molecule has 16 heavy (non-hydrogen) atoms. The molecule has 0 aliphatic heterocycles. The third-order valence-electron chi connectivity index (χ3n) is 2.40. The Morgan fingerprint density at radius 1 is 1.62 bits per heavy atom. The van der Waals surface area contributed by atoms with E-state index in [-0.39, 0.29) is 5.84 Å². The number of hydrogen-bond donors (Lipinski definition) is 2. The van der Waals surface area contributed by atoms with Crippen molar-refractivity contribution in [3.05, 3.63) is 23.4 Å². The van der Waals surface area contributed by atoms with Crippen LogP contribution in [0.25, 0.3) is 0 Å². The summed E-state index contributed by atoms with van der Waals surface area (Å²) in [6.45, 7) is 2.85. The van der Waals surface area contributed by atoms with Crippen molar-refractivity contribution in [3.8, 4) is 0 Å². The van der Waals surface area contributed by atoms with Crippen LogP contribution in [0.3, 0.4) is 0 Å². The topological polar surface area (TPSA) is 66.0 Å². The highest BCUT2D eigenvalue weighted by Crippen LogP contribution is 2.19. The maximum Gasteiger partial charge on any atom is 0.139 e. The van der Waals surface area contributed by atoms with Crippen molar-refractivity contribution in [1.82, 2.24) is 4.98 Å². The highest BCUT2D eigenvalue weighted by atomic mass is 32.2. The smallest absolute Gasteiger partial charge is 0.139 e. The van der Waals surface area contributed by atoms with E-state index in [1.54, 1.807) is 18.0 Å². The summed E-state index contributed by atoms with van der Waals surface area (Å²) in [4.78, 5) is 6.35. The van der Waals surface area contributed by atoms with E-state index in [1.165, 1.54) is 0 Å². The first-order valence-corrected chi connectivity index (χ1v) is 6.47. The molecule has 0 saturated carbocycles. The summed E-state index contributed by atoms with van der Waals surface area (Å²) in [5, 5.41) is 7.59. The van der Waals surface area contributed by atoms with Crippen LogP contribution in [-0.2, 0) is 0 Å². The molecule has 0 aliphatic rings. The highest BCUT2D eigenvalue weighted by Gasteiger charge is 2.13. The fraction of sp³-hybridized carbons (Fsp3) is 0.455. The van der Waals surface area contributed by atoms with Crippen molar-refractivity contribution in [1.29, 1.82) is 5.41 Å². The Morgan fingerprint density at radius 2 is 2.31 bits per heavy atom.